The fourth-order valence-corrected chi connectivity index (χ4v) is 3.82. The second kappa shape index (κ2) is 9.59. The van der Waals surface area contributed by atoms with E-state index in [0.717, 1.165) is 5.56 Å². The van der Waals surface area contributed by atoms with Crippen molar-refractivity contribution in [1.82, 2.24) is 0 Å². The monoisotopic (exact) mass is 430 g/mol. The maximum Gasteiger partial charge on any atom is 0.309 e. The van der Waals surface area contributed by atoms with E-state index in [9.17, 15) is 14.7 Å². The van der Waals surface area contributed by atoms with Crippen molar-refractivity contribution in [3.05, 3.63) is 47.5 Å². The van der Waals surface area contributed by atoms with Crippen LogP contribution in [0.3, 0.4) is 0 Å². The summed E-state index contributed by atoms with van der Waals surface area (Å²) in [6, 6.07) is 10.1. The first kappa shape index (κ1) is 22.3. The Labute approximate surface area is 180 Å². The third kappa shape index (κ3) is 4.84. The van der Waals surface area contributed by atoms with Crippen molar-refractivity contribution in [3.8, 4) is 23.0 Å². The molecule has 0 spiro atoms. The van der Waals surface area contributed by atoms with Gasteiger partial charge in [0.05, 0.1) is 33.9 Å². The molecule has 3 atom stereocenters. The molecule has 0 amide bonds. The molecular weight excluding hydrogens is 404 g/mol. The minimum atomic E-state index is -0.715. The van der Waals surface area contributed by atoms with E-state index in [1.807, 2.05) is 0 Å². The van der Waals surface area contributed by atoms with Crippen LogP contribution < -0.4 is 14.2 Å². The number of phenols is 1. The number of carbonyl (C=O) groups is 2. The SMILES string of the molecule is COc1cc(C[C@H]2C(=O)OC[C@@H]2[C@H](OC(C)=O)c2ccc(OC)c(OC)c2)ccc1O. The fraction of sp³-hybridized carbons (Fsp3) is 0.391. The summed E-state index contributed by atoms with van der Waals surface area (Å²) < 4.78 is 26.8. The number of rotatable bonds is 8. The number of ether oxygens (including phenoxy) is 5. The second-order valence-electron chi connectivity index (χ2n) is 7.26. The predicted octanol–water partition coefficient (Wildman–Crippen LogP) is 3.05. The van der Waals surface area contributed by atoms with E-state index in [0.29, 0.717) is 29.2 Å². The summed E-state index contributed by atoms with van der Waals surface area (Å²) in [5.41, 5.74) is 1.46. The number of hydrogen-bond donors (Lipinski definition) is 1. The van der Waals surface area contributed by atoms with Crippen molar-refractivity contribution in [3.63, 3.8) is 0 Å². The highest BCUT2D eigenvalue weighted by atomic mass is 16.6. The molecule has 1 fully saturated rings. The third-order valence-corrected chi connectivity index (χ3v) is 5.36. The fourth-order valence-electron chi connectivity index (χ4n) is 3.82. The summed E-state index contributed by atoms with van der Waals surface area (Å²) in [6.07, 6.45) is -0.377. The molecule has 1 N–H and O–H groups in total. The summed E-state index contributed by atoms with van der Waals surface area (Å²) in [5, 5.41) is 9.83. The van der Waals surface area contributed by atoms with Gasteiger partial charge in [-0.15, -0.1) is 0 Å². The van der Waals surface area contributed by atoms with Gasteiger partial charge in [-0.2, -0.15) is 0 Å². The van der Waals surface area contributed by atoms with Crippen LogP contribution >= 0.6 is 0 Å². The Balaban J connectivity index is 1.94. The molecule has 1 saturated heterocycles. The topological polar surface area (TPSA) is 101 Å². The average molecular weight is 430 g/mol. The zero-order valence-electron chi connectivity index (χ0n) is 17.9. The molecule has 0 bridgehead atoms. The van der Waals surface area contributed by atoms with Crippen LogP contribution in [0.4, 0.5) is 0 Å². The lowest BCUT2D eigenvalue weighted by Crippen LogP contribution is -2.27. The highest BCUT2D eigenvalue weighted by Gasteiger charge is 2.44. The zero-order chi connectivity index (χ0) is 22.5. The van der Waals surface area contributed by atoms with Crippen LogP contribution in [0.2, 0.25) is 0 Å². The number of esters is 2. The van der Waals surface area contributed by atoms with Crippen molar-refractivity contribution in [2.24, 2.45) is 11.8 Å². The van der Waals surface area contributed by atoms with E-state index in [1.54, 1.807) is 30.3 Å². The number of phenolic OH excluding ortho intramolecular Hbond substituents is 1. The van der Waals surface area contributed by atoms with Gasteiger partial charge >= 0.3 is 11.9 Å². The van der Waals surface area contributed by atoms with E-state index in [1.165, 1.54) is 34.3 Å². The molecule has 0 aliphatic carbocycles. The molecule has 166 valence electrons. The first-order valence-corrected chi connectivity index (χ1v) is 9.79. The molecule has 3 rings (SSSR count). The summed E-state index contributed by atoms with van der Waals surface area (Å²) >= 11 is 0. The first-order chi connectivity index (χ1) is 14.9. The van der Waals surface area contributed by atoms with E-state index in [-0.39, 0.29) is 18.3 Å². The van der Waals surface area contributed by atoms with Crippen LogP contribution in [0.1, 0.15) is 24.2 Å². The van der Waals surface area contributed by atoms with Crippen molar-refractivity contribution in [2.75, 3.05) is 27.9 Å². The lowest BCUT2D eigenvalue weighted by molar-refractivity contribution is -0.150. The number of cyclic esters (lactones) is 1. The van der Waals surface area contributed by atoms with Crippen LogP contribution in [0, 0.1) is 11.8 Å². The van der Waals surface area contributed by atoms with Crippen molar-refractivity contribution in [2.45, 2.75) is 19.4 Å². The predicted molar refractivity (Wildman–Crippen MR) is 110 cm³/mol. The van der Waals surface area contributed by atoms with Gasteiger partial charge in [0.15, 0.2) is 23.0 Å². The summed E-state index contributed by atoms with van der Waals surface area (Å²) in [6.45, 7) is 1.44. The Kier molecular flexibility index (Phi) is 6.89. The van der Waals surface area contributed by atoms with E-state index >= 15 is 0 Å². The molecule has 1 heterocycles. The molecule has 0 radical (unpaired) electrons. The van der Waals surface area contributed by atoms with Gasteiger partial charge in [-0.1, -0.05) is 12.1 Å². The Bertz CT molecular complexity index is 955. The second-order valence-corrected chi connectivity index (χ2v) is 7.26. The number of benzene rings is 2. The molecule has 2 aromatic rings. The van der Waals surface area contributed by atoms with Gasteiger partial charge < -0.3 is 28.8 Å². The van der Waals surface area contributed by atoms with Gasteiger partial charge in [0.25, 0.3) is 0 Å². The molecule has 31 heavy (non-hydrogen) atoms. The van der Waals surface area contributed by atoms with Gasteiger partial charge in [0.2, 0.25) is 0 Å². The maximum atomic E-state index is 12.6. The number of carbonyl (C=O) groups excluding carboxylic acids is 2. The van der Waals surface area contributed by atoms with Crippen LogP contribution in [0.25, 0.3) is 0 Å². The molecular formula is C23H26O8. The average Bonchev–Trinajstić information content (AvgIpc) is 3.12. The molecule has 0 aromatic heterocycles. The molecule has 1 aliphatic rings. The van der Waals surface area contributed by atoms with Gasteiger partial charge in [-0.3, -0.25) is 9.59 Å². The molecule has 0 unspecified atom stereocenters. The van der Waals surface area contributed by atoms with Gasteiger partial charge in [0, 0.05) is 12.8 Å². The Hall–Kier alpha value is -3.42. The Morgan fingerprint density at radius 2 is 1.77 bits per heavy atom. The normalized spacial score (nSPS) is 18.8. The zero-order valence-corrected chi connectivity index (χ0v) is 17.9. The highest BCUT2D eigenvalue weighted by Crippen LogP contribution is 2.41. The number of methoxy groups -OCH3 is 3. The molecule has 2 aromatic carbocycles. The molecule has 8 nitrogen and oxygen atoms in total. The van der Waals surface area contributed by atoms with Crippen molar-refractivity contribution in [1.29, 1.82) is 0 Å². The molecule has 0 saturated carbocycles. The number of hydrogen-bond acceptors (Lipinski definition) is 8. The Morgan fingerprint density at radius 3 is 2.42 bits per heavy atom. The largest absolute Gasteiger partial charge is 0.504 e. The lowest BCUT2D eigenvalue weighted by atomic mass is 9.82. The lowest BCUT2D eigenvalue weighted by Gasteiger charge is -2.26. The Morgan fingerprint density at radius 1 is 1.06 bits per heavy atom. The maximum absolute atomic E-state index is 12.6. The van der Waals surface area contributed by atoms with Crippen molar-refractivity contribution < 1.29 is 38.4 Å². The third-order valence-electron chi connectivity index (χ3n) is 5.36. The van der Waals surface area contributed by atoms with Crippen LogP contribution in [0.5, 0.6) is 23.0 Å². The minimum absolute atomic E-state index is 0.0138. The smallest absolute Gasteiger partial charge is 0.309 e. The standard InChI is InChI=1S/C23H26O8/c1-13(24)31-22(15-6-8-19(27-2)21(11-15)29-4)17-12-30-23(26)16(17)9-14-5-7-18(25)20(10-14)28-3/h5-8,10-11,16-17,22,25H,9,12H2,1-4H3/t16-,17+,22-/m1/s1. The molecule has 1 aliphatic heterocycles. The summed E-state index contributed by atoms with van der Waals surface area (Å²) in [7, 11) is 4.51. The first-order valence-electron chi connectivity index (χ1n) is 9.79. The van der Waals surface area contributed by atoms with Crippen LogP contribution in [0.15, 0.2) is 36.4 Å². The minimum Gasteiger partial charge on any atom is -0.504 e. The van der Waals surface area contributed by atoms with E-state index in [2.05, 4.69) is 0 Å². The van der Waals surface area contributed by atoms with Gasteiger partial charge in [-0.05, 0) is 41.8 Å². The summed E-state index contributed by atoms with van der Waals surface area (Å²) in [4.78, 5) is 24.4. The van der Waals surface area contributed by atoms with Gasteiger partial charge in [0.1, 0.15) is 6.10 Å². The van der Waals surface area contributed by atoms with Gasteiger partial charge in [-0.25, -0.2) is 0 Å². The van der Waals surface area contributed by atoms with E-state index < -0.39 is 23.9 Å². The van der Waals surface area contributed by atoms with Crippen LogP contribution in [-0.4, -0.2) is 45.0 Å². The number of aromatic hydroxyl groups is 1. The summed E-state index contributed by atoms with van der Waals surface area (Å²) in [5.74, 6) is -0.432. The quantitative estimate of drug-likeness (QED) is 0.638. The highest BCUT2D eigenvalue weighted by molar-refractivity contribution is 5.75. The molecule has 8 heteroatoms. The van der Waals surface area contributed by atoms with Crippen molar-refractivity contribution >= 4 is 11.9 Å². The van der Waals surface area contributed by atoms with E-state index in [4.69, 9.17) is 23.7 Å². The van der Waals surface area contributed by atoms with Crippen LogP contribution in [-0.2, 0) is 25.5 Å².